The van der Waals surface area contributed by atoms with Crippen molar-refractivity contribution < 1.29 is 24.1 Å². The first-order chi connectivity index (χ1) is 13.5. The fraction of sp³-hybridized carbons (Fsp3) is 0.286. The zero-order chi connectivity index (χ0) is 20.4. The quantitative estimate of drug-likeness (QED) is 0.227. The van der Waals surface area contributed by atoms with Gasteiger partial charge in [-0.1, -0.05) is 36.4 Å². The van der Waals surface area contributed by atoms with Crippen LogP contribution in [-0.2, 0) is 22.6 Å². The second kappa shape index (κ2) is 10.6. The number of hydrogen-bond acceptors (Lipinski definition) is 6. The second-order valence-corrected chi connectivity index (χ2v) is 6.03. The van der Waals surface area contributed by atoms with E-state index in [0.29, 0.717) is 30.9 Å². The molecule has 0 heterocycles. The predicted octanol–water partition coefficient (Wildman–Crippen LogP) is 4.39. The lowest BCUT2D eigenvalue weighted by Gasteiger charge is -2.12. The van der Waals surface area contributed by atoms with Crippen molar-refractivity contribution in [2.75, 3.05) is 13.7 Å². The van der Waals surface area contributed by atoms with Crippen LogP contribution in [0, 0.1) is 5.39 Å². The van der Waals surface area contributed by atoms with E-state index >= 15 is 0 Å². The number of rotatable bonds is 9. The zero-order valence-electron chi connectivity index (χ0n) is 15.9. The van der Waals surface area contributed by atoms with Crippen LogP contribution in [0.3, 0.4) is 0 Å². The minimum absolute atomic E-state index is 0.125. The van der Waals surface area contributed by atoms with Crippen molar-refractivity contribution in [3.05, 3.63) is 76.1 Å². The molecule has 0 amide bonds. The average molecular weight is 383 g/mol. The van der Waals surface area contributed by atoms with E-state index in [0.717, 1.165) is 11.1 Å². The highest BCUT2D eigenvalue weighted by Gasteiger charge is 2.28. The third kappa shape index (κ3) is 6.02. The number of diazo groups is 1. The number of aliphatic hydroxyl groups is 1. The Balaban J connectivity index is 1.87. The molecule has 0 atom stereocenters. The molecule has 0 unspecified atom stereocenters. The van der Waals surface area contributed by atoms with Gasteiger partial charge in [-0.2, -0.15) is 0 Å². The van der Waals surface area contributed by atoms with Crippen LogP contribution in [0.2, 0.25) is 0 Å². The summed E-state index contributed by atoms with van der Waals surface area (Å²) in [5.74, 6) is 0.0120. The molecule has 0 saturated carbocycles. The monoisotopic (exact) mass is 383 g/mol. The van der Waals surface area contributed by atoms with Crippen LogP contribution in [0.1, 0.15) is 24.5 Å². The van der Waals surface area contributed by atoms with Gasteiger partial charge in [-0.15, -0.1) is 0 Å². The van der Waals surface area contributed by atoms with E-state index in [1.54, 1.807) is 7.11 Å². The van der Waals surface area contributed by atoms with E-state index in [9.17, 15) is 9.90 Å². The Morgan fingerprint density at radius 2 is 1.86 bits per heavy atom. The number of hydrogen-bond donors (Lipinski definition) is 1. The van der Waals surface area contributed by atoms with Gasteiger partial charge in [-0.05, 0) is 36.1 Å². The molecule has 0 saturated heterocycles. The topological polar surface area (TPSA) is 93.1 Å². The van der Waals surface area contributed by atoms with Crippen molar-refractivity contribution in [1.82, 2.24) is 0 Å². The summed E-state index contributed by atoms with van der Waals surface area (Å²) in [5.41, 5.74) is 1.57. The maximum Gasteiger partial charge on any atom is 0.504 e. The number of ether oxygens (including phenoxy) is 3. The number of carbonyl (C=O) groups excluding carboxylic acids is 1. The number of esters is 1. The van der Waals surface area contributed by atoms with Gasteiger partial charge < -0.3 is 19.3 Å². The van der Waals surface area contributed by atoms with Gasteiger partial charge in [0.05, 0.1) is 13.7 Å². The van der Waals surface area contributed by atoms with Gasteiger partial charge >= 0.3 is 11.7 Å². The largest absolute Gasteiger partial charge is 0.505 e. The maximum atomic E-state index is 11.6. The van der Waals surface area contributed by atoms with Crippen molar-refractivity contribution in [3.8, 4) is 11.5 Å². The molecule has 146 valence electrons. The van der Waals surface area contributed by atoms with Crippen LogP contribution in [0.4, 0.5) is 0 Å². The molecule has 0 bridgehead atoms. The highest BCUT2D eigenvalue weighted by molar-refractivity contribution is 5.90. The normalized spacial score (nSPS) is 11.2. The lowest BCUT2D eigenvalue weighted by molar-refractivity contribution is -0.139. The summed E-state index contributed by atoms with van der Waals surface area (Å²) in [5, 5.41) is 17.9. The summed E-state index contributed by atoms with van der Waals surface area (Å²) >= 11 is 0. The molecule has 0 radical (unpaired) electrons. The van der Waals surface area contributed by atoms with Crippen molar-refractivity contribution in [2.45, 2.75) is 26.4 Å². The molecule has 1 N–H and O–H groups in total. The highest BCUT2D eigenvalue weighted by atomic mass is 16.5. The summed E-state index contributed by atoms with van der Waals surface area (Å²) < 4.78 is 16.2. The first-order valence-electron chi connectivity index (χ1n) is 8.81. The number of nitrogens with zero attached hydrogens (tertiary/aromatic N) is 2. The number of allylic oxidation sites excluding steroid dienone is 1. The molecular formula is C21H23N2O5+. The SMILES string of the molecule is COc1cc(CCCOC(=O)/C([N+]#N)=C(/C)O)ccc1OCc1ccccc1. The minimum atomic E-state index is -0.871. The fourth-order valence-corrected chi connectivity index (χ4v) is 2.49. The number of benzene rings is 2. The lowest BCUT2D eigenvalue weighted by Crippen LogP contribution is -2.09. The summed E-state index contributed by atoms with van der Waals surface area (Å²) in [6, 6.07) is 15.5. The lowest BCUT2D eigenvalue weighted by atomic mass is 10.1. The average Bonchev–Trinajstić information content (AvgIpc) is 2.71. The molecule has 0 fully saturated rings. The van der Waals surface area contributed by atoms with Crippen LogP contribution in [-0.4, -0.2) is 24.8 Å². The molecule has 7 heteroatoms. The second-order valence-electron chi connectivity index (χ2n) is 6.03. The van der Waals surface area contributed by atoms with Crippen LogP contribution in [0.25, 0.3) is 4.98 Å². The number of carbonyl (C=O) groups is 1. The number of aryl methyl sites for hydroxylation is 1. The molecule has 7 nitrogen and oxygen atoms in total. The first kappa shape index (κ1) is 20.8. The number of aliphatic hydroxyl groups excluding tert-OH is 1. The molecule has 0 aliphatic carbocycles. The number of methoxy groups -OCH3 is 1. The van der Waals surface area contributed by atoms with Gasteiger partial charge in [-0.25, -0.2) is 4.79 Å². The molecule has 0 spiro atoms. The maximum absolute atomic E-state index is 11.6. The van der Waals surface area contributed by atoms with E-state index in [-0.39, 0.29) is 6.61 Å². The van der Waals surface area contributed by atoms with E-state index in [1.807, 2.05) is 48.5 Å². The Morgan fingerprint density at radius 1 is 1.11 bits per heavy atom. The van der Waals surface area contributed by atoms with Crippen molar-refractivity contribution in [2.24, 2.45) is 0 Å². The summed E-state index contributed by atoms with van der Waals surface area (Å²) in [4.78, 5) is 14.4. The van der Waals surface area contributed by atoms with Crippen LogP contribution < -0.4 is 9.47 Å². The summed E-state index contributed by atoms with van der Waals surface area (Å²) in [7, 11) is 1.58. The van der Waals surface area contributed by atoms with Crippen molar-refractivity contribution in [3.63, 3.8) is 0 Å². The molecule has 0 aromatic heterocycles. The Kier molecular flexibility index (Phi) is 7.85. The van der Waals surface area contributed by atoms with Gasteiger partial charge in [0.25, 0.3) is 0 Å². The molecule has 0 aliphatic heterocycles. The van der Waals surface area contributed by atoms with E-state index in [2.05, 4.69) is 4.98 Å². The Bertz CT molecular complexity index is 868. The summed E-state index contributed by atoms with van der Waals surface area (Å²) in [6.45, 7) is 1.81. The van der Waals surface area contributed by atoms with Gasteiger partial charge in [-0.3, -0.25) is 0 Å². The zero-order valence-corrected chi connectivity index (χ0v) is 15.9. The van der Waals surface area contributed by atoms with E-state index < -0.39 is 17.4 Å². The third-order valence-electron chi connectivity index (χ3n) is 3.94. The predicted molar refractivity (Wildman–Crippen MR) is 103 cm³/mol. The van der Waals surface area contributed by atoms with Crippen molar-refractivity contribution >= 4 is 5.97 Å². The van der Waals surface area contributed by atoms with Crippen LogP contribution in [0.15, 0.2) is 60.0 Å². The fourth-order valence-electron chi connectivity index (χ4n) is 2.49. The van der Waals surface area contributed by atoms with Crippen molar-refractivity contribution in [1.29, 1.82) is 5.39 Å². The summed E-state index contributed by atoms with van der Waals surface area (Å²) in [6.07, 6.45) is 1.21. The molecule has 2 aromatic carbocycles. The highest BCUT2D eigenvalue weighted by Crippen LogP contribution is 2.29. The van der Waals surface area contributed by atoms with Crippen LogP contribution >= 0.6 is 0 Å². The minimum Gasteiger partial charge on any atom is -0.505 e. The van der Waals surface area contributed by atoms with Gasteiger partial charge in [0, 0.05) is 6.92 Å². The molecule has 0 aliphatic rings. The smallest absolute Gasteiger partial charge is 0.504 e. The van der Waals surface area contributed by atoms with E-state index in [1.165, 1.54) is 6.92 Å². The first-order valence-corrected chi connectivity index (χ1v) is 8.81. The van der Waals surface area contributed by atoms with Gasteiger partial charge in [0.2, 0.25) is 5.39 Å². The molecule has 2 rings (SSSR count). The standard InChI is InChI=1S/C21H22N2O5/c1-15(24)20(23-22)21(25)27-12-6-9-16-10-11-18(19(13-16)26-2)28-14-17-7-4-3-5-8-17/h3-5,7-8,10-11,13H,6,9,12,14H2,1-2H3/p+1. The van der Waals surface area contributed by atoms with Gasteiger partial charge in [0.15, 0.2) is 22.2 Å². The molecular weight excluding hydrogens is 360 g/mol. The van der Waals surface area contributed by atoms with Crippen LogP contribution in [0.5, 0.6) is 11.5 Å². The third-order valence-corrected chi connectivity index (χ3v) is 3.94. The molecule has 2 aromatic rings. The Hall–Kier alpha value is -3.53. The molecule has 28 heavy (non-hydrogen) atoms. The van der Waals surface area contributed by atoms with Gasteiger partial charge in [0.1, 0.15) is 6.61 Å². The Labute approximate surface area is 163 Å². The Morgan fingerprint density at radius 3 is 2.50 bits per heavy atom. The van der Waals surface area contributed by atoms with E-state index in [4.69, 9.17) is 19.6 Å².